The molecule has 0 unspecified atom stereocenters. The minimum absolute atomic E-state index is 0.308. The van der Waals surface area contributed by atoms with Gasteiger partial charge in [0.1, 0.15) is 5.58 Å². The van der Waals surface area contributed by atoms with E-state index in [9.17, 15) is 4.79 Å². The number of thioether (sulfide) groups is 1. The molecule has 28 heavy (non-hydrogen) atoms. The maximum Gasteiger partial charge on any atom is 0.293 e. The summed E-state index contributed by atoms with van der Waals surface area (Å²) in [7, 11) is 0. The van der Waals surface area contributed by atoms with E-state index in [1.807, 2.05) is 32.0 Å². The zero-order valence-electron chi connectivity index (χ0n) is 15.8. The molecule has 0 radical (unpaired) electrons. The van der Waals surface area contributed by atoms with Crippen LogP contribution in [0.4, 0.5) is 5.13 Å². The molecule has 0 saturated heterocycles. The third-order valence-corrected chi connectivity index (χ3v) is 6.45. The van der Waals surface area contributed by atoms with E-state index in [2.05, 4.69) is 46.7 Å². The van der Waals surface area contributed by atoms with Gasteiger partial charge < -0.3 is 4.42 Å². The average molecular weight is 410 g/mol. The Hall–Kier alpha value is -2.64. The number of aryl methyl sites for hydroxylation is 3. The van der Waals surface area contributed by atoms with Crippen molar-refractivity contribution in [3.8, 4) is 0 Å². The molecule has 5 nitrogen and oxygen atoms in total. The number of furan rings is 1. The highest BCUT2D eigenvalue weighted by Gasteiger charge is 2.19. The van der Waals surface area contributed by atoms with Crippen LogP contribution in [0.15, 0.2) is 51.2 Å². The maximum atomic E-state index is 12.6. The molecule has 0 aliphatic heterocycles. The molecule has 1 amide bonds. The number of hydrogen-bond acceptors (Lipinski definition) is 6. The molecule has 0 saturated carbocycles. The van der Waals surface area contributed by atoms with Crippen molar-refractivity contribution in [2.24, 2.45) is 0 Å². The number of carbonyl (C=O) groups excluding carboxylic acids is 1. The number of fused-ring (bicyclic) bond motifs is 1. The Bertz CT molecular complexity index is 1150. The van der Waals surface area contributed by atoms with Crippen LogP contribution in [-0.2, 0) is 5.75 Å². The van der Waals surface area contributed by atoms with Gasteiger partial charge in [0.05, 0.1) is 0 Å². The van der Waals surface area contributed by atoms with Crippen LogP contribution in [-0.4, -0.2) is 16.1 Å². The number of nitrogens with zero attached hydrogens (tertiary/aromatic N) is 2. The molecule has 2 heterocycles. The predicted octanol–water partition coefficient (Wildman–Crippen LogP) is 5.75. The Morgan fingerprint density at radius 2 is 1.82 bits per heavy atom. The Balaban J connectivity index is 1.44. The second-order valence-electron chi connectivity index (χ2n) is 6.66. The summed E-state index contributed by atoms with van der Waals surface area (Å²) in [5, 5.41) is 12.4. The van der Waals surface area contributed by atoms with E-state index in [1.54, 1.807) is 11.8 Å². The highest BCUT2D eigenvalue weighted by molar-refractivity contribution is 8.00. The minimum atomic E-state index is -0.308. The van der Waals surface area contributed by atoms with E-state index < -0.39 is 0 Å². The van der Waals surface area contributed by atoms with E-state index in [4.69, 9.17) is 4.42 Å². The Morgan fingerprint density at radius 3 is 2.61 bits per heavy atom. The largest absolute Gasteiger partial charge is 0.451 e. The summed E-state index contributed by atoms with van der Waals surface area (Å²) in [5.41, 5.74) is 5.10. The second kappa shape index (κ2) is 7.77. The standard InChI is InChI=1S/C21H19N3O2S2/c1-12-4-7-15(8-5-12)11-27-21-24-23-20(28-21)22-19(25)18-14(3)16-9-6-13(2)10-17(16)26-18/h4-10H,11H2,1-3H3,(H,22,23,25). The van der Waals surface area contributed by atoms with Crippen LogP contribution >= 0.6 is 23.1 Å². The predicted molar refractivity (Wildman–Crippen MR) is 114 cm³/mol. The van der Waals surface area contributed by atoms with Gasteiger partial charge in [-0.25, -0.2) is 0 Å². The molecule has 0 atom stereocenters. The van der Waals surface area contributed by atoms with E-state index >= 15 is 0 Å². The first-order valence-corrected chi connectivity index (χ1v) is 10.6. The summed E-state index contributed by atoms with van der Waals surface area (Å²) in [6.45, 7) is 5.95. The summed E-state index contributed by atoms with van der Waals surface area (Å²) in [6, 6.07) is 14.3. The first-order chi connectivity index (χ1) is 13.5. The molecule has 4 aromatic rings. The molecular formula is C21H19N3O2S2. The van der Waals surface area contributed by atoms with Crippen LogP contribution in [0.2, 0.25) is 0 Å². The van der Waals surface area contributed by atoms with Gasteiger partial charge in [0.2, 0.25) is 5.13 Å². The van der Waals surface area contributed by atoms with Crippen molar-refractivity contribution in [2.75, 3.05) is 5.32 Å². The molecule has 142 valence electrons. The van der Waals surface area contributed by atoms with Gasteiger partial charge in [-0.15, -0.1) is 10.2 Å². The van der Waals surface area contributed by atoms with Crippen molar-refractivity contribution in [1.29, 1.82) is 0 Å². The van der Waals surface area contributed by atoms with E-state index in [1.165, 1.54) is 22.5 Å². The number of hydrogen-bond donors (Lipinski definition) is 1. The Morgan fingerprint density at radius 1 is 1.07 bits per heavy atom. The lowest BCUT2D eigenvalue weighted by atomic mass is 10.1. The lowest BCUT2D eigenvalue weighted by molar-refractivity contribution is 0.0998. The highest BCUT2D eigenvalue weighted by atomic mass is 32.2. The van der Waals surface area contributed by atoms with Gasteiger partial charge in [0, 0.05) is 16.7 Å². The fourth-order valence-corrected chi connectivity index (χ4v) is 4.55. The number of benzene rings is 2. The number of aromatic nitrogens is 2. The third-order valence-electron chi connectivity index (χ3n) is 4.41. The number of anilines is 1. The van der Waals surface area contributed by atoms with Crippen molar-refractivity contribution in [3.05, 3.63) is 70.5 Å². The summed E-state index contributed by atoms with van der Waals surface area (Å²) >= 11 is 2.96. The SMILES string of the molecule is Cc1ccc(CSc2nnc(NC(=O)c3oc4cc(C)ccc4c3C)s2)cc1. The number of nitrogens with one attached hydrogen (secondary N) is 1. The fourth-order valence-electron chi connectivity index (χ4n) is 2.85. The summed E-state index contributed by atoms with van der Waals surface area (Å²) in [4.78, 5) is 12.6. The lowest BCUT2D eigenvalue weighted by Crippen LogP contribution is -2.11. The van der Waals surface area contributed by atoms with Crippen LogP contribution < -0.4 is 5.32 Å². The van der Waals surface area contributed by atoms with Gasteiger partial charge in [0.25, 0.3) is 5.91 Å². The fraction of sp³-hybridized carbons (Fsp3) is 0.190. The molecule has 0 spiro atoms. The number of rotatable bonds is 5. The lowest BCUT2D eigenvalue weighted by Gasteiger charge is -1.99. The molecular weight excluding hydrogens is 390 g/mol. The normalized spacial score (nSPS) is 11.1. The van der Waals surface area contributed by atoms with Gasteiger partial charge in [-0.2, -0.15) is 0 Å². The van der Waals surface area contributed by atoms with E-state index in [0.717, 1.165) is 26.6 Å². The zero-order chi connectivity index (χ0) is 19.7. The molecule has 0 aliphatic rings. The van der Waals surface area contributed by atoms with Crippen molar-refractivity contribution >= 4 is 45.1 Å². The topological polar surface area (TPSA) is 68.0 Å². The zero-order valence-corrected chi connectivity index (χ0v) is 17.4. The minimum Gasteiger partial charge on any atom is -0.451 e. The molecule has 0 fully saturated rings. The summed E-state index contributed by atoms with van der Waals surface area (Å²) in [5.74, 6) is 0.812. The highest BCUT2D eigenvalue weighted by Crippen LogP contribution is 2.30. The van der Waals surface area contributed by atoms with Crippen LogP contribution in [0.25, 0.3) is 11.0 Å². The monoisotopic (exact) mass is 409 g/mol. The molecule has 7 heteroatoms. The van der Waals surface area contributed by atoms with Crippen molar-refractivity contribution < 1.29 is 9.21 Å². The van der Waals surface area contributed by atoms with Gasteiger partial charge in [-0.05, 0) is 38.0 Å². The van der Waals surface area contributed by atoms with Crippen LogP contribution in [0.1, 0.15) is 32.8 Å². The van der Waals surface area contributed by atoms with Crippen molar-refractivity contribution in [1.82, 2.24) is 10.2 Å². The maximum absolute atomic E-state index is 12.6. The smallest absolute Gasteiger partial charge is 0.293 e. The van der Waals surface area contributed by atoms with Crippen LogP contribution in [0.3, 0.4) is 0 Å². The van der Waals surface area contributed by atoms with Crippen molar-refractivity contribution in [3.63, 3.8) is 0 Å². The van der Waals surface area contributed by atoms with Crippen LogP contribution in [0, 0.1) is 20.8 Å². The number of amides is 1. The van der Waals surface area contributed by atoms with Gasteiger partial charge in [-0.1, -0.05) is 65.1 Å². The summed E-state index contributed by atoms with van der Waals surface area (Å²) in [6.07, 6.45) is 0. The van der Waals surface area contributed by atoms with Gasteiger partial charge >= 0.3 is 0 Å². The van der Waals surface area contributed by atoms with Gasteiger partial charge in [-0.3, -0.25) is 10.1 Å². The Kier molecular flexibility index (Phi) is 5.19. The quantitative estimate of drug-likeness (QED) is 0.335. The van der Waals surface area contributed by atoms with E-state index in [-0.39, 0.29) is 5.91 Å². The van der Waals surface area contributed by atoms with Gasteiger partial charge in [0.15, 0.2) is 10.1 Å². The molecule has 0 bridgehead atoms. The number of carbonyl (C=O) groups is 1. The molecule has 2 aromatic heterocycles. The molecule has 0 aliphatic carbocycles. The molecule has 4 rings (SSSR count). The molecule has 1 N–H and O–H groups in total. The summed E-state index contributed by atoms with van der Waals surface area (Å²) < 4.78 is 6.59. The van der Waals surface area contributed by atoms with E-state index in [0.29, 0.717) is 16.5 Å². The second-order valence-corrected chi connectivity index (χ2v) is 8.86. The first-order valence-electron chi connectivity index (χ1n) is 8.82. The average Bonchev–Trinajstić information content (AvgIpc) is 3.25. The Labute approximate surface area is 171 Å². The van der Waals surface area contributed by atoms with Crippen LogP contribution in [0.5, 0.6) is 0 Å². The van der Waals surface area contributed by atoms with Crippen molar-refractivity contribution in [2.45, 2.75) is 30.9 Å². The third kappa shape index (κ3) is 3.95. The first kappa shape index (κ1) is 18.7. The molecule has 2 aromatic carbocycles.